The molecular weight excluding hydrogens is 388 g/mol. The second-order valence-corrected chi connectivity index (χ2v) is 6.98. The van der Waals surface area contributed by atoms with Crippen molar-refractivity contribution in [3.63, 3.8) is 0 Å². The molecule has 0 fully saturated rings. The summed E-state index contributed by atoms with van der Waals surface area (Å²) in [4.78, 5) is 25.4. The van der Waals surface area contributed by atoms with Gasteiger partial charge in [-0.05, 0) is 23.3 Å². The van der Waals surface area contributed by atoms with Gasteiger partial charge in [0.1, 0.15) is 6.04 Å². The summed E-state index contributed by atoms with van der Waals surface area (Å²) >= 11 is 0. The number of hydrogen-bond acceptors (Lipinski definition) is 3. The first-order chi connectivity index (χ1) is 15.0. The van der Waals surface area contributed by atoms with E-state index in [0.29, 0.717) is 6.42 Å². The van der Waals surface area contributed by atoms with Crippen LogP contribution in [0.15, 0.2) is 97.2 Å². The molecule has 5 heteroatoms. The fraction of sp³-hybridized carbons (Fsp3) is 0.0769. The van der Waals surface area contributed by atoms with Crippen molar-refractivity contribution in [3.8, 4) is 0 Å². The van der Waals surface area contributed by atoms with E-state index < -0.39 is 12.0 Å². The number of fused-ring (bicyclic) bond motifs is 1. The molecule has 0 saturated carbocycles. The van der Waals surface area contributed by atoms with Crippen LogP contribution in [0.3, 0.4) is 0 Å². The van der Waals surface area contributed by atoms with Gasteiger partial charge in [-0.2, -0.15) is 0 Å². The lowest BCUT2D eigenvalue weighted by molar-refractivity contribution is -0.138. The minimum atomic E-state index is -0.972. The number of aliphatic carboxylic acids is 1. The van der Waals surface area contributed by atoms with E-state index in [4.69, 9.17) is 10.8 Å². The maximum Gasteiger partial charge on any atom is 0.320 e. The Balaban J connectivity index is 0.000000176. The Morgan fingerprint density at radius 1 is 0.903 bits per heavy atom. The summed E-state index contributed by atoms with van der Waals surface area (Å²) in [6, 6.07) is 26.0. The zero-order valence-corrected chi connectivity index (χ0v) is 16.9. The molecule has 0 spiro atoms. The fourth-order valence-electron chi connectivity index (χ4n) is 3.06. The molecule has 4 N–H and O–H groups in total. The van der Waals surface area contributed by atoms with Crippen LogP contribution in [0.2, 0.25) is 0 Å². The second kappa shape index (κ2) is 10.7. The van der Waals surface area contributed by atoms with Crippen LogP contribution in [0.25, 0.3) is 17.0 Å². The number of benzene rings is 3. The van der Waals surface area contributed by atoms with Crippen LogP contribution in [0.5, 0.6) is 0 Å². The molecule has 3 aromatic carbocycles. The van der Waals surface area contributed by atoms with Crippen LogP contribution in [-0.2, 0) is 11.2 Å². The van der Waals surface area contributed by atoms with Crippen LogP contribution in [0.1, 0.15) is 21.5 Å². The van der Waals surface area contributed by atoms with Gasteiger partial charge in [0, 0.05) is 29.1 Å². The second-order valence-electron chi connectivity index (χ2n) is 6.98. The number of carboxylic acid groups (broad SMARTS) is 1. The molecule has 1 aromatic heterocycles. The number of ketones is 1. The number of nitrogens with two attached hydrogens (primary N) is 1. The predicted molar refractivity (Wildman–Crippen MR) is 124 cm³/mol. The average molecular weight is 412 g/mol. The first-order valence-electron chi connectivity index (χ1n) is 9.90. The van der Waals surface area contributed by atoms with Gasteiger partial charge in [-0.3, -0.25) is 9.59 Å². The van der Waals surface area contributed by atoms with Crippen molar-refractivity contribution in [2.45, 2.75) is 12.5 Å². The molecule has 0 aliphatic carbocycles. The van der Waals surface area contributed by atoms with Crippen molar-refractivity contribution in [3.05, 3.63) is 114 Å². The van der Waals surface area contributed by atoms with Gasteiger partial charge in [-0.1, -0.05) is 84.9 Å². The van der Waals surface area contributed by atoms with Crippen molar-refractivity contribution in [2.75, 3.05) is 0 Å². The Labute approximate surface area is 180 Å². The van der Waals surface area contributed by atoms with Crippen LogP contribution in [0, 0.1) is 0 Å². The van der Waals surface area contributed by atoms with E-state index in [2.05, 4.69) is 4.98 Å². The lowest BCUT2D eigenvalue weighted by Crippen LogP contribution is -2.32. The lowest BCUT2D eigenvalue weighted by Gasteiger charge is -2.04. The molecule has 0 radical (unpaired) electrons. The molecule has 0 aliphatic heterocycles. The molecule has 1 heterocycles. The standard InChI is InChI=1S/C15H12O.C11H12N2O2/c16-15(14-9-5-2-6-10-14)12-11-13-7-3-1-4-8-13;12-9(11(14)15)5-7-6-13-10-4-2-1-3-8(7)10/h1-12H;1-4,6,9,13H,5,12H2,(H,14,15)/b12-11+;/t;9-/m.0/s1. The predicted octanol–water partition coefficient (Wildman–Crippen LogP) is 4.71. The largest absolute Gasteiger partial charge is 0.480 e. The van der Waals surface area contributed by atoms with Crippen LogP contribution in [-0.4, -0.2) is 27.9 Å². The molecule has 156 valence electrons. The number of para-hydroxylation sites is 1. The van der Waals surface area contributed by atoms with Gasteiger partial charge in [0.2, 0.25) is 0 Å². The molecule has 5 nitrogen and oxygen atoms in total. The minimum Gasteiger partial charge on any atom is -0.480 e. The molecule has 4 rings (SSSR count). The van der Waals surface area contributed by atoms with Gasteiger partial charge < -0.3 is 15.8 Å². The number of carbonyl (C=O) groups excluding carboxylic acids is 1. The summed E-state index contributed by atoms with van der Waals surface area (Å²) in [5, 5.41) is 9.75. The Morgan fingerprint density at radius 3 is 2.19 bits per heavy atom. The Hall–Kier alpha value is -3.96. The zero-order valence-electron chi connectivity index (χ0n) is 16.9. The van der Waals surface area contributed by atoms with Crippen LogP contribution >= 0.6 is 0 Å². The lowest BCUT2D eigenvalue weighted by atomic mass is 10.1. The molecule has 1 atom stereocenters. The Morgan fingerprint density at radius 2 is 1.52 bits per heavy atom. The van der Waals surface area contributed by atoms with Crippen molar-refractivity contribution in [1.82, 2.24) is 4.98 Å². The normalized spacial score (nSPS) is 11.6. The van der Waals surface area contributed by atoms with Gasteiger partial charge >= 0.3 is 5.97 Å². The highest BCUT2D eigenvalue weighted by molar-refractivity contribution is 6.06. The highest BCUT2D eigenvalue weighted by atomic mass is 16.4. The highest BCUT2D eigenvalue weighted by Crippen LogP contribution is 2.18. The first-order valence-corrected chi connectivity index (χ1v) is 9.90. The third kappa shape index (κ3) is 6.26. The number of hydrogen-bond donors (Lipinski definition) is 3. The Kier molecular flexibility index (Phi) is 7.51. The zero-order chi connectivity index (χ0) is 22.1. The van der Waals surface area contributed by atoms with E-state index >= 15 is 0 Å². The van der Waals surface area contributed by atoms with Crippen molar-refractivity contribution >= 4 is 28.7 Å². The monoisotopic (exact) mass is 412 g/mol. The number of rotatable bonds is 6. The summed E-state index contributed by atoms with van der Waals surface area (Å²) in [5.41, 5.74) is 9.19. The van der Waals surface area contributed by atoms with Crippen LogP contribution < -0.4 is 5.73 Å². The summed E-state index contributed by atoms with van der Waals surface area (Å²) in [6.07, 6.45) is 5.59. The number of aromatic amines is 1. The first kappa shape index (κ1) is 21.7. The van der Waals surface area contributed by atoms with Crippen LogP contribution in [0.4, 0.5) is 0 Å². The summed E-state index contributed by atoms with van der Waals surface area (Å²) in [6.45, 7) is 0. The van der Waals surface area contributed by atoms with Crippen molar-refractivity contribution < 1.29 is 14.7 Å². The van der Waals surface area contributed by atoms with Crippen molar-refractivity contribution in [1.29, 1.82) is 0 Å². The summed E-state index contributed by atoms with van der Waals surface area (Å²) < 4.78 is 0. The number of nitrogens with one attached hydrogen (secondary N) is 1. The van der Waals surface area contributed by atoms with E-state index in [9.17, 15) is 9.59 Å². The van der Waals surface area contributed by atoms with Gasteiger partial charge in [0.05, 0.1) is 0 Å². The average Bonchev–Trinajstić information content (AvgIpc) is 3.22. The minimum absolute atomic E-state index is 0.0319. The van der Waals surface area contributed by atoms with E-state index in [1.54, 1.807) is 6.08 Å². The van der Waals surface area contributed by atoms with E-state index in [0.717, 1.165) is 27.6 Å². The van der Waals surface area contributed by atoms with E-state index in [1.807, 2.05) is 97.2 Å². The van der Waals surface area contributed by atoms with E-state index in [-0.39, 0.29) is 5.78 Å². The third-order valence-corrected chi connectivity index (χ3v) is 4.72. The SMILES string of the molecule is N[C@@H](Cc1c[nH]c2ccccc12)C(=O)O.O=C(/C=C/c1ccccc1)c1ccccc1. The number of carbonyl (C=O) groups is 2. The van der Waals surface area contributed by atoms with Gasteiger partial charge in [-0.15, -0.1) is 0 Å². The third-order valence-electron chi connectivity index (χ3n) is 4.72. The number of carboxylic acids is 1. The summed E-state index contributed by atoms with van der Waals surface area (Å²) in [5.74, 6) is -0.940. The topological polar surface area (TPSA) is 96.2 Å². The van der Waals surface area contributed by atoms with Gasteiger partial charge in [0.15, 0.2) is 5.78 Å². The molecule has 31 heavy (non-hydrogen) atoms. The summed E-state index contributed by atoms with van der Waals surface area (Å²) in [7, 11) is 0. The Bertz CT molecular complexity index is 1160. The number of allylic oxidation sites excluding steroid dienone is 1. The quantitative estimate of drug-likeness (QED) is 0.316. The maximum absolute atomic E-state index is 11.7. The molecule has 0 saturated heterocycles. The van der Waals surface area contributed by atoms with Gasteiger partial charge in [0.25, 0.3) is 0 Å². The molecule has 0 unspecified atom stereocenters. The fourth-order valence-corrected chi connectivity index (χ4v) is 3.06. The number of aromatic nitrogens is 1. The number of H-pyrrole nitrogens is 1. The molecular formula is C26H24N2O3. The van der Waals surface area contributed by atoms with Crippen molar-refractivity contribution in [2.24, 2.45) is 5.73 Å². The maximum atomic E-state index is 11.7. The molecule has 0 amide bonds. The smallest absolute Gasteiger partial charge is 0.320 e. The van der Waals surface area contributed by atoms with Gasteiger partial charge in [-0.25, -0.2) is 0 Å². The molecule has 4 aromatic rings. The van der Waals surface area contributed by atoms with E-state index in [1.165, 1.54) is 0 Å². The highest BCUT2D eigenvalue weighted by Gasteiger charge is 2.14. The molecule has 0 bridgehead atoms. The molecule has 0 aliphatic rings.